The molecular formula is C21H23F2N5O2. The van der Waals surface area contributed by atoms with Crippen LogP contribution in [0, 0.1) is 11.6 Å². The Morgan fingerprint density at radius 2 is 1.93 bits per heavy atom. The van der Waals surface area contributed by atoms with Crippen molar-refractivity contribution in [2.24, 2.45) is 0 Å². The molecule has 1 N–H and O–H groups in total. The van der Waals surface area contributed by atoms with Crippen molar-refractivity contribution in [3.05, 3.63) is 70.3 Å². The van der Waals surface area contributed by atoms with E-state index in [2.05, 4.69) is 15.5 Å². The summed E-state index contributed by atoms with van der Waals surface area (Å²) in [5, 5.41) is 11.3. The molecule has 9 heteroatoms. The molecule has 0 radical (unpaired) electrons. The molecule has 1 amide bonds. The largest absolute Gasteiger partial charge is 0.347 e. The summed E-state index contributed by atoms with van der Waals surface area (Å²) in [7, 11) is 0. The second-order valence-electron chi connectivity index (χ2n) is 7.25. The van der Waals surface area contributed by atoms with Crippen LogP contribution in [-0.2, 0) is 6.54 Å². The van der Waals surface area contributed by atoms with Gasteiger partial charge in [-0.05, 0) is 44.5 Å². The van der Waals surface area contributed by atoms with Gasteiger partial charge in [0, 0.05) is 29.9 Å². The molecule has 0 spiro atoms. The highest BCUT2D eigenvalue weighted by Crippen LogP contribution is 2.18. The highest BCUT2D eigenvalue weighted by atomic mass is 19.2. The number of amides is 1. The lowest BCUT2D eigenvalue weighted by Gasteiger charge is -2.17. The first-order chi connectivity index (χ1) is 14.3. The van der Waals surface area contributed by atoms with Gasteiger partial charge in [-0.1, -0.05) is 6.92 Å². The molecule has 3 aromatic rings. The maximum atomic E-state index is 13.5. The molecular weight excluding hydrogens is 392 g/mol. The lowest BCUT2D eigenvalue weighted by Crippen LogP contribution is -2.40. The maximum Gasteiger partial charge on any atom is 0.266 e. The van der Waals surface area contributed by atoms with Crippen molar-refractivity contribution in [2.45, 2.75) is 45.8 Å². The van der Waals surface area contributed by atoms with Crippen molar-refractivity contribution in [3.63, 3.8) is 0 Å². The Kier molecular flexibility index (Phi) is 6.39. The van der Waals surface area contributed by atoms with Crippen molar-refractivity contribution in [3.8, 4) is 11.3 Å². The van der Waals surface area contributed by atoms with Gasteiger partial charge in [0.2, 0.25) is 0 Å². The average molecular weight is 415 g/mol. The van der Waals surface area contributed by atoms with Crippen molar-refractivity contribution < 1.29 is 13.6 Å². The third kappa shape index (κ3) is 4.79. The van der Waals surface area contributed by atoms with Gasteiger partial charge in [0.15, 0.2) is 11.6 Å². The van der Waals surface area contributed by atoms with Crippen LogP contribution in [0.2, 0.25) is 0 Å². The molecule has 1 atom stereocenters. The number of nitrogens with one attached hydrogen (secondary N) is 1. The first-order valence-corrected chi connectivity index (χ1v) is 9.67. The minimum Gasteiger partial charge on any atom is -0.347 e. The monoisotopic (exact) mass is 415 g/mol. The fraction of sp³-hybridized carbons (Fsp3) is 0.333. The molecule has 1 aromatic carbocycles. The lowest BCUT2D eigenvalue weighted by atomic mass is 10.1. The molecule has 0 aliphatic rings. The highest BCUT2D eigenvalue weighted by Gasteiger charge is 2.17. The quantitative estimate of drug-likeness (QED) is 0.643. The third-order valence-electron chi connectivity index (χ3n) is 4.70. The van der Waals surface area contributed by atoms with E-state index in [0.29, 0.717) is 23.2 Å². The second-order valence-corrected chi connectivity index (χ2v) is 7.25. The molecule has 158 valence electrons. The summed E-state index contributed by atoms with van der Waals surface area (Å²) in [6.45, 7) is 5.94. The molecule has 0 bridgehead atoms. The van der Waals surface area contributed by atoms with Crippen molar-refractivity contribution >= 4 is 5.91 Å². The van der Waals surface area contributed by atoms with Gasteiger partial charge in [-0.3, -0.25) is 14.3 Å². The first-order valence-electron chi connectivity index (χ1n) is 9.67. The zero-order valence-corrected chi connectivity index (χ0v) is 17.0. The van der Waals surface area contributed by atoms with Crippen LogP contribution in [0.25, 0.3) is 11.3 Å². The predicted molar refractivity (Wildman–Crippen MR) is 108 cm³/mol. The number of aromatic nitrogens is 4. The molecule has 0 fully saturated rings. The summed E-state index contributed by atoms with van der Waals surface area (Å²) >= 11 is 0. The van der Waals surface area contributed by atoms with Crippen molar-refractivity contribution in [1.29, 1.82) is 0 Å². The van der Waals surface area contributed by atoms with E-state index in [0.717, 1.165) is 12.1 Å². The van der Waals surface area contributed by atoms with Crippen LogP contribution in [0.5, 0.6) is 0 Å². The molecule has 0 saturated heterocycles. The fourth-order valence-electron chi connectivity index (χ4n) is 2.88. The number of nitrogens with zero attached hydrogens (tertiary/aromatic N) is 4. The highest BCUT2D eigenvalue weighted by molar-refractivity contribution is 5.93. The minimum atomic E-state index is -0.993. The van der Waals surface area contributed by atoms with Crippen molar-refractivity contribution in [1.82, 2.24) is 24.9 Å². The smallest absolute Gasteiger partial charge is 0.266 e. The average Bonchev–Trinajstić information content (AvgIpc) is 3.22. The van der Waals surface area contributed by atoms with Crippen LogP contribution >= 0.6 is 0 Å². The number of hydrogen-bond donors (Lipinski definition) is 1. The van der Waals surface area contributed by atoms with Crippen molar-refractivity contribution in [2.75, 3.05) is 0 Å². The number of carbonyl (C=O) groups excluding carboxylic acids is 1. The van der Waals surface area contributed by atoms with Gasteiger partial charge in [-0.25, -0.2) is 13.5 Å². The molecule has 2 aromatic heterocycles. The number of benzene rings is 1. The van der Waals surface area contributed by atoms with E-state index >= 15 is 0 Å². The van der Waals surface area contributed by atoms with Gasteiger partial charge in [-0.2, -0.15) is 10.2 Å². The van der Waals surface area contributed by atoms with Gasteiger partial charge in [0.25, 0.3) is 11.5 Å². The third-order valence-corrected chi connectivity index (χ3v) is 4.70. The number of hydrogen-bond acceptors (Lipinski definition) is 4. The van der Waals surface area contributed by atoms with Gasteiger partial charge < -0.3 is 5.32 Å². The zero-order valence-electron chi connectivity index (χ0n) is 17.0. The summed E-state index contributed by atoms with van der Waals surface area (Å²) in [6, 6.07) is 5.96. The van der Waals surface area contributed by atoms with E-state index in [1.54, 1.807) is 10.9 Å². The first kappa shape index (κ1) is 21.4. The molecule has 0 saturated carbocycles. The minimum absolute atomic E-state index is 0.135. The lowest BCUT2D eigenvalue weighted by molar-refractivity contribution is 0.0930. The van der Waals surface area contributed by atoms with Crippen LogP contribution in [0.15, 0.2) is 47.5 Å². The molecule has 0 aliphatic heterocycles. The predicted octanol–water partition coefficient (Wildman–Crippen LogP) is 3.17. The van der Waals surface area contributed by atoms with E-state index in [9.17, 15) is 18.4 Å². The molecule has 30 heavy (non-hydrogen) atoms. The molecule has 2 heterocycles. The Hall–Kier alpha value is -3.36. The zero-order chi connectivity index (χ0) is 21.8. The Balaban J connectivity index is 1.78. The Labute approximate surface area is 172 Å². The van der Waals surface area contributed by atoms with Gasteiger partial charge >= 0.3 is 0 Å². The maximum absolute atomic E-state index is 13.5. The topological polar surface area (TPSA) is 81.8 Å². The van der Waals surface area contributed by atoms with Crippen LogP contribution in [-0.4, -0.2) is 31.5 Å². The number of carbonyl (C=O) groups is 1. The van der Waals surface area contributed by atoms with E-state index in [1.165, 1.54) is 29.1 Å². The molecule has 7 nitrogen and oxygen atoms in total. The fourth-order valence-corrected chi connectivity index (χ4v) is 2.88. The summed E-state index contributed by atoms with van der Waals surface area (Å²) in [4.78, 5) is 24.8. The summed E-state index contributed by atoms with van der Waals surface area (Å²) in [5.41, 5.74) is 0.744. The molecule has 3 rings (SSSR count). The van der Waals surface area contributed by atoms with Gasteiger partial charge in [0.1, 0.15) is 0 Å². The number of rotatable bonds is 7. The van der Waals surface area contributed by atoms with Gasteiger partial charge in [0.05, 0.1) is 24.0 Å². The number of halogens is 2. The van der Waals surface area contributed by atoms with E-state index in [1.807, 2.05) is 20.8 Å². The Morgan fingerprint density at radius 1 is 1.17 bits per heavy atom. The van der Waals surface area contributed by atoms with E-state index < -0.39 is 11.6 Å². The Bertz CT molecular complexity index is 1110. The summed E-state index contributed by atoms with van der Waals surface area (Å²) in [6.07, 6.45) is 3.73. The molecule has 0 aliphatic carbocycles. The molecule has 0 unspecified atom stereocenters. The SMILES string of the molecule is CC[C@H](Cn1nc(-c2ccc(F)c(F)c2)ccc1=O)NC(=O)c1cnn(C(C)C)c1. The summed E-state index contributed by atoms with van der Waals surface area (Å²) < 4.78 is 29.6. The van der Waals surface area contributed by atoms with Crippen LogP contribution < -0.4 is 10.9 Å². The van der Waals surface area contributed by atoms with Crippen LogP contribution in [0.3, 0.4) is 0 Å². The van der Waals surface area contributed by atoms with E-state index in [4.69, 9.17) is 0 Å². The summed E-state index contributed by atoms with van der Waals surface area (Å²) in [5.74, 6) is -2.24. The second kappa shape index (κ2) is 8.98. The normalized spacial score (nSPS) is 12.2. The standard InChI is InChI=1S/C21H23F2N5O2/c1-4-16(25-21(30)15-10-24-27(11-15)13(2)3)12-28-20(29)8-7-19(26-28)14-5-6-17(22)18(23)9-14/h5-11,13,16H,4,12H2,1-3H3,(H,25,30)/t16-/m1/s1. The van der Waals surface area contributed by atoms with Crippen LogP contribution in [0.4, 0.5) is 8.78 Å². The van der Waals surface area contributed by atoms with Gasteiger partial charge in [-0.15, -0.1) is 0 Å². The van der Waals surface area contributed by atoms with E-state index in [-0.39, 0.29) is 30.1 Å². The Morgan fingerprint density at radius 3 is 2.57 bits per heavy atom. The van der Waals surface area contributed by atoms with Crippen LogP contribution in [0.1, 0.15) is 43.6 Å².